The number of nitrogens with zero attached hydrogens (tertiary/aromatic N) is 2. The van der Waals surface area contributed by atoms with Gasteiger partial charge in [0, 0.05) is 38.3 Å². The summed E-state index contributed by atoms with van der Waals surface area (Å²) in [5.74, 6) is 0.828. The monoisotopic (exact) mass is 319 g/mol. The lowest BCUT2D eigenvalue weighted by Crippen LogP contribution is -2.53. The van der Waals surface area contributed by atoms with E-state index in [0.717, 1.165) is 43.9 Å². The van der Waals surface area contributed by atoms with Crippen LogP contribution in [0.25, 0.3) is 0 Å². The molecule has 1 fully saturated rings. The molecule has 0 aromatic carbocycles. The molecule has 1 aromatic rings. The zero-order chi connectivity index (χ0) is 15.0. The van der Waals surface area contributed by atoms with Gasteiger partial charge in [-0.2, -0.15) is 13.2 Å². The Balaban J connectivity index is 1.91. The Morgan fingerprint density at radius 1 is 1.43 bits per heavy atom. The van der Waals surface area contributed by atoms with Gasteiger partial charge in [-0.25, -0.2) is 4.98 Å². The van der Waals surface area contributed by atoms with Crippen LogP contribution in [0.3, 0.4) is 0 Å². The van der Waals surface area contributed by atoms with Crippen molar-refractivity contribution in [2.24, 2.45) is 0 Å². The van der Waals surface area contributed by atoms with E-state index in [1.807, 2.05) is 0 Å². The molecule has 1 aromatic heterocycles. The Bertz CT molecular complexity index is 533. The van der Waals surface area contributed by atoms with Crippen molar-refractivity contribution in [2.45, 2.75) is 37.9 Å². The van der Waals surface area contributed by atoms with Crippen LogP contribution in [-0.4, -0.2) is 36.8 Å². The van der Waals surface area contributed by atoms with Crippen LogP contribution in [0.15, 0.2) is 6.20 Å². The number of hydrogen-bond donors (Lipinski definition) is 1. The van der Waals surface area contributed by atoms with Gasteiger partial charge in [-0.05, 0) is 30.4 Å². The molecule has 1 saturated heterocycles. The van der Waals surface area contributed by atoms with E-state index in [0.29, 0.717) is 16.6 Å². The van der Waals surface area contributed by atoms with Crippen LogP contribution >= 0.6 is 11.6 Å². The molecule has 2 aliphatic rings. The molecule has 21 heavy (non-hydrogen) atoms. The Labute approximate surface area is 126 Å². The van der Waals surface area contributed by atoms with Crippen LogP contribution in [0.2, 0.25) is 5.02 Å². The maximum absolute atomic E-state index is 12.5. The molecule has 1 atom stereocenters. The molecular formula is C14H17ClF3N3. The van der Waals surface area contributed by atoms with Gasteiger partial charge in [0.2, 0.25) is 0 Å². The van der Waals surface area contributed by atoms with E-state index in [4.69, 9.17) is 11.6 Å². The summed E-state index contributed by atoms with van der Waals surface area (Å²) < 4.78 is 37.5. The van der Waals surface area contributed by atoms with E-state index in [9.17, 15) is 13.2 Å². The Hall–Kier alpha value is -1.01. The molecule has 1 N–H and O–H groups in total. The van der Waals surface area contributed by atoms with E-state index in [-0.39, 0.29) is 6.42 Å². The molecule has 2 aliphatic heterocycles. The van der Waals surface area contributed by atoms with Gasteiger partial charge in [0.15, 0.2) is 0 Å². The van der Waals surface area contributed by atoms with Gasteiger partial charge in [-0.15, -0.1) is 0 Å². The number of nitrogens with one attached hydrogen (secondary N) is 1. The fourth-order valence-corrected chi connectivity index (χ4v) is 3.47. The zero-order valence-corrected chi connectivity index (χ0v) is 12.3. The molecule has 3 rings (SSSR count). The summed E-state index contributed by atoms with van der Waals surface area (Å²) in [7, 11) is 0. The van der Waals surface area contributed by atoms with Crippen molar-refractivity contribution in [1.29, 1.82) is 0 Å². The lowest BCUT2D eigenvalue weighted by atomic mass is 9.92. The highest BCUT2D eigenvalue weighted by atomic mass is 35.5. The Morgan fingerprint density at radius 2 is 2.24 bits per heavy atom. The van der Waals surface area contributed by atoms with Crippen molar-refractivity contribution in [2.75, 3.05) is 24.5 Å². The highest BCUT2D eigenvalue weighted by Gasteiger charge is 2.33. The van der Waals surface area contributed by atoms with Crippen LogP contribution in [0.1, 0.15) is 24.0 Å². The van der Waals surface area contributed by atoms with Gasteiger partial charge in [-0.3, -0.25) is 0 Å². The van der Waals surface area contributed by atoms with Crippen molar-refractivity contribution in [1.82, 2.24) is 10.3 Å². The summed E-state index contributed by atoms with van der Waals surface area (Å²) in [5, 5.41) is 3.69. The SMILES string of the molecule is FC(F)(F)CCc1c(Cl)cnc2c1CC[C@@H]1CNCCN21. The first-order valence-corrected chi connectivity index (χ1v) is 7.54. The summed E-state index contributed by atoms with van der Waals surface area (Å²) in [5.41, 5.74) is 1.53. The first-order valence-electron chi connectivity index (χ1n) is 7.16. The van der Waals surface area contributed by atoms with Gasteiger partial charge in [0.05, 0.1) is 5.02 Å². The molecule has 0 spiro atoms. The Morgan fingerprint density at radius 3 is 3.00 bits per heavy atom. The highest BCUT2D eigenvalue weighted by Crippen LogP contribution is 2.36. The van der Waals surface area contributed by atoms with Crippen LogP contribution in [0, 0.1) is 0 Å². The summed E-state index contributed by atoms with van der Waals surface area (Å²) in [6.07, 6.45) is -1.89. The molecule has 0 unspecified atom stereocenters. The lowest BCUT2D eigenvalue weighted by Gasteiger charge is -2.42. The molecule has 3 heterocycles. The lowest BCUT2D eigenvalue weighted by molar-refractivity contribution is -0.134. The van der Waals surface area contributed by atoms with E-state index >= 15 is 0 Å². The molecule has 0 aliphatic carbocycles. The summed E-state index contributed by atoms with van der Waals surface area (Å²) in [6.45, 7) is 2.62. The number of rotatable bonds is 2. The molecule has 0 bridgehead atoms. The van der Waals surface area contributed by atoms with Gasteiger partial charge < -0.3 is 10.2 Å². The van der Waals surface area contributed by atoms with Gasteiger partial charge >= 0.3 is 6.18 Å². The number of pyridine rings is 1. The number of fused-ring (bicyclic) bond motifs is 3. The minimum atomic E-state index is -4.16. The summed E-state index contributed by atoms with van der Waals surface area (Å²) >= 11 is 6.10. The normalized spacial score (nSPS) is 21.9. The average Bonchev–Trinajstić information content (AvgIpc) is 2.44. The van der Waals surface area contributed by atoms with Crippen molar-refractivity contribution < 1.29 is 13.2 Å². The van der Waals surface area contributed by atoms with Gasteiger partial charge in [-0.1, -0.05) is 11.6 Å². The van der Waals surface area contributed by atoms with Gasteiger partial charge in [0.25, 0.3) is 0 Å². The maximum atomic E-state index is 12.5. The second kappa shape index (κ2) is 5.65. The predicted molar refractivity (Wildman–Crippen MR) is 75.9 cm³/mol. The number of piperazine rings is 1. The van der Waals surface area contributed by atoms with Crippen molar-refractivity contribution >= 4 is 17.4 Å². The number of anilines is 1. The van der Waals surface area contributed by atoms with Crippen molar-refractivity contribution in [3.8, 4) is 0 Å². The topological polar surface area (TPSA) is 28.2 Å². The summed E-state index contributed by atoms with van der Waals surface area (Å²) in [6, 6.07) is 0.385. The smallest absolute Gasteiger partial charge is 0.351 e. The third-order valence-electron chi connectivity index (χ3n) is 4.23. The zero-order valence-electron chi connectivity index (χ0n) is 11.5. The first-order chi connectivity index (χ1) is 9.96. The second-order valence-corrected chi connectivity index (χ2v) is 6.00. The molecule has 0 radical (unpaired) electrons. The van der Waals surface area contributed by atoms with Gasteiger partial charge in [0.1, 0.15) is 5.82 Å². The van der Waals surface area contributed by atoms with Crippen molar-refractivity contribution in [3.63, 3.8) is 0 Å². The van der Waals surface area contributed by atoms with Crippen molar-refractivity contribution in [3.05, 3.63) is 22.3 Å². The molecular weight excluding hydrogens is 303 g/mol. The predicted octanol–water partition coefficient (Wildman–Crippen LogP) is 2.95. The summed E-state index contributed by atoms with van der Waals surface area (Å²) in [4.78, 5) is 6.60. The van der Waals surface area contributed by atoms with E-state index in [2.05, 4.69) is 15.2 Å². The van der Waals surface area contributed by atoms with E-state index < -0.39 is 12.6 Å². The fourth-order valence-electron chi connectivity index (χ4n) is 3.21. The van der Waals surface area contributed by atoms with Crippen LogP contribution < -0.4 is 10.2 Å². The third kappa shape index (κ3) is 3.11. The fraction of sp³-hybridized carbons (Fsp3) is 0.643. The first kappa shape index (κ1) is 14.9. The number of aromatic nitrogens is 1. The largest absolute Gasteiger partial charge is 0.389 e. The number of halogens is 4. The van der Waals surface area contributed by atoms with E-state index in [1.54, 1.807) is 0 Å². The van der Waals surface area contributed by atoms with E-state index in [1.165, 1.54) is 6.20 Å². The average molecular weight is 320 g/mol. The molecule has 116 valence electrons. The van der Waals surface area contributed by atoms with Crippen LogP contribution in [-0.2, 0) is 12.8 Å². The Kier molecular flexibility index (Phi) is 4.01. The minimum absolute atomic E-state index is 0.0655. The number of hydrogen-bond acceptors (Lipinski definition) is 3. The molecule has 0 amide bonds. The molecule has 7 heteroatoms. The van der Waals surface area contributed by atoms with Crippen LogP contribution in [0.5, 0.6) is 0 Å². The molecule has 0 saturated carbocycles. The quantitative estimate of drug-likeness (QED) is 0.908. The van der Waals surface area contributed by atoms with Crippen LogP contribution in [0.4, 0.5) is 19.0 Å². The molecule has 3 nitrogen and oxygen atoms in total. The second-order valence-electron chi connectivity index (χ2n) is 5.59. The minimum Gasteiger partial charge on any atom is -0.351 e. The maximum Gasteiger partial charge on any atom is 0.389 e. The third-order valence-corrected chi connectivity index (χ3v) is 4.56. The standard InChI is InChI=1S/C14H17ClF3N3/c15-12-8-20-13-11(10(12)3-4-14(16,17)18)2-1-9-7-19-5-6-21(9)13/h8-9,19H,1-7H2/t9-/m1/s1. The number of alkyl halides is 3. The highest BCUT2D eigenvalue weighted by molar-refractivity contribution is 6.31.